The van der Waals surface area contributed by atoms with Crippen molar-refractivity contribution in [1.82, 2.24) is 14.9 Å². The predicted molar refractivity (Wildman–Crippen MR) is 174 cm³/mol. The number of amides is 1. The molecule has 0 saturated heterocycles. The summed E-state index contributed by atoms with van der Waals surface area (Å²) < 4.78 is 5.52. The van der Waals surface area contributed by atoms with Crippen molar-refractivity contribution in [2.24, 2.45) is 0 Å². The van der Waals surface area contributed by atoms with E-state index in [9.17, 15) is 10.1 Å². The van der Waals surface area contributed by atoms with Crippen LogP contribution in [0.3, 0.4) is 0 Å². The van der Waals surface area contributed by atoms with Crippen LogP contribution in [-0.4, -0.2) is 48.5 Å². The Morgan fingerprint density at radius 2 is 1.98 bits per heavy atom. The molecule has 2 heterocycles. The standard InChI is InChI=1S/C33H29ClN6O2S/c1-40(2)13-7-10-31(41)38-28-16-25-27(17-30(28)42-3)36-19-23(18-35)33(25)37-24-12-11-22(26(34)15-24)14-32-39-29(20-43-32)21-8-5-4-6-9-21/h4-12,15-17,19-20H,13-14H2,1-3H3,(H,36,37)(H,38,41). The van der Waals surface area contributed by atoms with Gasteiger partial charge in [0, 0.05) is 58.3 Å². The van der Waals surface area contributed by atoms with E-state index >= 15 is 0 Å². The van der Waals surface area contributed by atoms with Gasteiger partial charge in [-0.3, -0.25) is 9.78 Å². The van der Waals surface area contributed by atoms with Crippen molar-refractivity contribution in [1.29, 1.82) is 5.26 Å². The Kier molecular flexibility index (Phi) is 9.32. The first-order valence-corrected chi connectivity index (χ1v) is 14.7. The van der Waals surface area contributed by atoms with E-state index in [4.69, 9.17) is 21.3 Å². The first-order valence-electron chi connectivity index (χ1n) is 13.4. The lowest BCUT2D eigenvalue weighted by Gasteiger charge is -2.16. The maximum atomic E-state index is 12.6. The van der Waals surface area contributed by atoms with E-state index in [1.54, 1.807) is 29.5 Å². The maximum Gasteiger partial charge on any atom is 0.248 e. The summed E-state index contributed by atoms with van der Waals surface area (Å²) in [6.07, 6.45) is 5.36. The van der Waals surface area contributed by atoms with Crippen LogP contribution in [0.5, 0.6) is 5.75 Å². The zero-order valence-corrected chi connectivity index (χ0v) is 25.5. The van der Waals surface area contributed by atoms with Gasteiger partial charge in [-0.1, -0.05) is 54.1 Å². The fourth-order valence-electron chi connectivity index (χ4n) is 4.46. The van der Waals surface area contributed by atoms with Crippen molar-refractivity contribution >= 4 is 56.8 Å². The first-order chi connectivity index (χ1) is 20.8. The van der Waals surface area contributed by atoms with Crippen LogP contribution in [0.4, 0.5) is 17.1 Å². The zero-order valence-electron chi connectivity index (χ0n) is 23.9. The van der Waals surface area contributed by atoms with E-state index < -0.39 is 0 Å². The van der Waals surface area contributed by atoms with Gasteiger partial charge in [-0.25, -0.2) is 4.98 Å². The van der Waals surface area contributed by atoms with E-state index in [1.807, 2.05) is 67.5 Å². The summed E-state index contributed by atoms with van der Waals surface area (Å²) in [6.45, 7) is 0.631. The van der Waals surface area contributed by atoms with Crippen LogP contribution in [0.25, 0.3) is 22.2 Å². The number of pyridine rings is 1. The molecule has 10 heteroatoms. The number of thiazole rings is 1. The van der Waals surface area contributed by atoms with Crippen LogP contribution in [0.15, 0.2) is 84.4 Å². The quantitative estimate of drug-likeness (QED) is 0.161. The van der Waals surface area contributed by atoms with Gasteiger partial charge in [0.15, 0.2) is 0 Å². The van der Waals surface area contributed by atoms with Crippen LogP contribution in [0.1, 0.15) is 16.1 Å². The molecule has 5 aromatic rings. The Labute approximate surface area is 259 Å². The second-order valence-corrected chi connectivity index (χ2v) is 11.3. The molecule has 3 aromatic carbocycles. The number of halogens is 1. The largest absolute Gasteiger partial charge is 0.494 e. The fraction of sp³-hybridized carbons (Fsp3) is 0.152. The van der Waals surface area contributed by atoms with Gasteiger partial charge >= 0.3 is 0 Å². The Morgan fingerprint density at radius 1 is 1.16 bits per heavy atom. The molecule has 0 atom stereocenters. The third-order valence-corrected chi connectivity index (χ3v) is 7.79. The van der Waals surface area contributed by atoms with Gasteiger partial charge < -0.3 is 20.3 Å². The van der Waals surface area contributed by atoms with Gasteiger partial charge in [0.2, 0.25) is 5.91 Å². The summed E-state index contributed by atoms with van der Waals surface area (Å²) >= 11 is 8.33. The number of rotatable bonds is 10. The smallest absolute Gasteiger partial charge is 0.248 e. The van der Waals surface area contributed by atoms with Crippen LogP contribution in [0, 0.1) is 11.3 Å². The van der Waals surface area contributed by atoms with Crippen LogP contribution < -0.4 is 15.4 Å². The molecule has 1 amide bonds. The summed E-state index contributed by atoms with van der Waals surface area (Å²) in [7, 11) is 5.37. The molecule has 0 aliphatic carbocycles. The van der Waals surface area contributed by atoms with Crippen molar-refractivity contribution < 1.29 is 9.53 Å². The third-order valence-electron chi connectivity index (χ3n) is 6.59. The minimum Gasteiger partial charge on any atom is -0.494 e. The van der Waals surface area contributed by atoms with Crippen molar-refractivity contribution in [3.8, 4) is 23.1 Å². The van der Waals surface area contributed by atoms with E-state index in [-0.39, 0.29) is 5.91 Å². The van der Waals surface area contributed by atoms with E-state index in [0.717, 1.165) is 21.8 Å². The third kappa shape index (κ3) is 7.19. The molecule has 216 valence electrons. The highest BCUT2D eigenvalue weighted by Crippen LogP contribution is 2.37. The van der Waals surface area contributed by atoms with Gasteiger partial charge in [0.05, 0.1) is 40.3 Å². The second-order valence-electron chi connectivity index (χ2n) is 9.98. The summed E-state index contributed by atoms with van der Waals surface area (Å²) in [6, 6.07) is 21.5. The van der Waals surface area contributed by atoms with E-state index in [0.29, 0.717) is 57.3 Å². The fourth-order valence-corrected chi connectivity index (χ4v) is 5.53. The maximum absolute atomic E-state index is 12.6. The highest BCUT2D eigenvalue weighted by molar-refractivity contribution is 7.10. The highest BCUT2D eigenvalue weighted by Gasteiger charge is 2.16. The molecule has 0 unspecified atom stereocenters. The highest BCUT2D eigenvalue weighted by atomic mass is 35.5. The second kappa shape index (κ2) is 13.5. The molecule has 2 aromatic heterocycles. The normalized spacial score (nSPS) is 11.2. The number of fused-ring (bicyclic) bond motifs is 1. The number of nitriles is 1. The van der Waals surface area contributed by atoms with Crippen LogP contribution >= 0.6 is 22.9 Å². The van der Waals surface area contributed by atoms with Gasteiger partial charge in [0.1, 0.15) is 11.8 Å². The SMILES string of the molecule is COc1cc2ncc(C#N)c(Nc3ccc(Cc4nc(-c5ccccc5)cs4)c(Cl)c3)c2cc1NC(=O)C=CCN(C)C. The first kappa shape index (κ1) is 29.7. The number of nitrogens with one attached hydrogen (secondary N) is 2. The number of aromatic nitrogens is 2. The molecule has 2 N–H and O–H groups in total. The Morgan fingerprint density at radius 3 is 2.70 bits per heavy atom. The summed E-state index contributed by atoms with van der Waals surface area (Å²) in [5, 5.41) is 20.4. The van der Waals surface area contributed by atoms with Crippen molar-refractivity contribution in [2.75, 3.05) is 38.4 Å². The molecule has 5 rings (SSSR count). The Bertz CT molecular complexity index is 1850. The number of benzene rings is 3. The lowest BCUT2D eigenvalue weighted by Crippen LogP contribution is -2.13. The van der Waals surface area contributed by atoms with Gasteiger partial charge in [-0.15, -0.1) is 11.3 Å². The number of hydrogen-bond acceptors (Lipinski definition) is 8. The minimum absolute atomic E-state index is 0.295. The van der Waals surface area contributed by atoms with Crippen molar-refractivity contribution in [3.05, 3.63) is 106 Å². The van der Waals surface area contributed by atoms with Crippen molar-refractivity contribution in [2.45, 2.75) is 6.42 Å². The summed E-state index contributed by atoms with van der Waals surface area (Å²) in [4.78, 5) is 23.8. The monoisotopic (exact) mass is 608 g/mol. The van der Waals surface area contributed by atoms with E-state index in [2.05, 4.69) is 27.1 Å². The molecular formula is C33H29ClN6O2S. The number of anilines is 3. The Balaban J connectivity index is 1.41. The number of nitrogens with zero attached hydrogens (tertiary/aromatic N) is 4. The number of ether oxygens (including phenoxy) is 1. The van der Waals surface area contributed by atoms with Crippen LogP contribution in [0.2, 0.25) is 5.02 Å². The van der Waals surface area contributed by atoms with Gasteiger partial charge in [0.25, 0.3) is 0 Å². The van der Waals surface area contributed by atoms with Crippen LogP contribution in [-0.2, 0) is 11.2 Å². The molecule has 8 nitrogen and oxygen atoms in total. The lowest BCUT2D eigenvalue weighted by atomic mass is 10.1. The summed E-state index contributed by atoms with van der Waals surface area (Å²) in [5.41, 5.74) is 5.62. The average Bonchev–Trinajstić information content (AvgIpc) is 3.47. The number of methoxy groups -OCH3 is 1. The average molecular weight is 609 g/mol. The Hall–Kier alpha value is -4.75. The predicted octanol–water partition coefficient (Wildman–Crippen LogP) is 7.28. The topological polar surface area (TPSA) is 103 Å². The van der Waals surface area contributed by atoms with E-state index in [1.165, 1.54) is 19.4 Å². The van der Waals surface area contributed by atoms with Gasteiger partial charge in [-0.2, -0.15) is 5.26 Å². The lowest BCUT2D eigenvalue weighted by molar-refractivity contribution is -0.111. The molecule has 0 aliphatic rings. The van der Waals surface area contributed by atoms with Gasteiger partial charge in [-0.05, 0) is 37.9 Å². The molecule has 0 fully saturated rings. The zero-order chi connectivity index (χ0) is 30.3. The van der Waals surface area contributed by atoms with Crippen molar-refractivity contribution in [3.63, 3.8) is 0 Å². The molecular weight excluding hydrogens is 580 g/mol. The molecule has 43 heavy (non-hydrogen) atoms. The molecule has 0 radical (unpaired) electrons. The minimum atomic E-state index is -0.295. The molecule has 0 aliphatic heterocycles. The number of carbonyl (C=O) groups excluding carboxylic acids is 1. The molecule has 0 bridgehead atoms. The number of carbonyl (C=O) groups is 1. The number of likely N-dealkylation sites (N-methyl/N-ethyl adjacent to an activating group) is 1. The summed E-state index contributed by atoms with van der Waals surface area (Å²) in [5.74, 6) is 0.159. The molecule has 0 spiro atoms. The molecule has 0 saturated carbocycles. The number of hydrogen-bond donors (Lipinski definition) is 2.